The van der Waals surface area contributed by atoms with Crippen LogP contribution in [0.15, 0.2) is 42.6 Å². The highest BCUT2D eigenvalue weighted by Crippen LogP contribution is 2.25. The Labute approximate surface area is 163 Å². The first-order valence-electron chi connectivity index (χ1n) is 9.66. The van der Waals surface area contributed by atoms with Gasteiger partial charge in [0.1, 0.15) is 0 Å². The van der Waals surface area contributed by atoms with E-state index >= 15 is 0 Å². The molecule has 6 nitrogen and oxygen atoms in total. The van der Waals surface area contributed by atoms with Crippen LogP contribution in [0.1, 0.15) is 25.5 Å². The number of para-hydroxylation sites is 1. The number of pyridine rings is 1. The lowest BCUT2D eigenvalue weighted by Gasteiger charge is -2.30. The Morgan fingerprint density at radius 2 is 2.00 bits per heavy atom. The van der Waals surface area contributed by atoms with Crippen LogP contribution in [-0.4, -0.2) is 46.4 Å². The van der Waals surface area contributed by atoms with Crippen LogP contribution in [0, 0.1) is 5.92 Å². The normalized spacial score (nSPS) is 15.5. The molecule has 0 saturated carbocycles. The number of amides is 1. The maximum absolute atomic E-state index is 12.5. The molecule has 0 aliphatic carbocycles. The molecule has 3 heterocycles. The van der Waals surface area contributed by atoms with Crippen LogP contribution in [-0.2, 0) is 14.3 Å². The predicted octanol–water partition coefficient (Wildman–Crippen LogP) is 3.53. The van der Waals surface area contributed by atoms with Gasteiger partial charge in [0, 0.05) is 35.5 Å². The minimum atomic E-state index is -0.152. The van der Waals surface area contributed by atoms with Crippen LogP contribution in [0.2, 0.25) is 0 Å². The minimum absolute atomic E-state index is 0.0527. The maximum atomic E-state index is 12.5. The van der Waals surface area contributed by atoms with Gasteiger partial charge >= 0.3 is 5.97 Å². The number of fused-ring (bicyclic) bond motifs is 3. The number of carbonyl (C=O) groups excluding carboxylic acids is 2. The van der Waals surface area contributed by atoms with Gasteiger partial charge in [0.05, 0.1) is 29.9 Å². The highest BCUT2D eigenvalue weighted by molar-refractivity contribution is 6.07. The Balaban J connectivity index is 1.43. The number of aromatic amines is 1. The average molecular weight is 377 g/mol. The lowest BCUT2D eigenvalue weighted by atomic mass is 9.97. The fourth-order valence-corrected chi connectivity index (χ4v) is 3.71. The second-order valence-corrected chi connectivity index (χ2v) is 7.01. The van der Waals surface area contributed by atoms with E-state index in [0.29, 0.717) is 32.5 Å². The van der Waals surface area contributed by atoms with Gasteiger partial charge in [0.2, 0.25) is 5.91 Å². The lowest BCUT2D eigenvalue weighted by Crippen LogP contribution is -2.39. The van der Waals surface area contributed by atoms with E-state index in [1.54, 1.807) is 23.2 Å². The van der Waals surface area contributed by atoms with E-state index in [-0.39, 0.29) is 17.8 Å². The zero-order valence-electron chi connectivity index (χ0n) is 15.9. The van der Waals surface area contributed by atoms with Gasteiger partial charge in [0.25, 0.3) is 0 Å². The number of ether oxygens (including phenoxy) is 1. The summed E-state index contributed by atoms with van der Waals surface area (Å²) in [7, 11) is 0. The first-order valence-corrected chi connectivity index (χ1v) is 9.66. The minimum Gasteiger partial charge on any atom is -0.466 e. The molecule has 2 aromatic heterocycles. The molecule has 0 atom stereocenters. The summed E-state index contributed by atoms with van der Waals surface area (Å²) in [6.45, 7) is 3.35. The number of rotatable bonds is 4. The van der Waals surface area contributed by atoms with E-state index in [1.807, 2.05) is 31.2 Å². The molecule has 1 aliphatic rings. The number of nitrogens with zero attached hydrogens (tertiary/aromatic N) is 2. The molecule has 3 aromatic rings. The second-order valence-electron chi connectivity index (χ2n) is 7.01. The SMILES string of the molecule is CCOC(=O)C1CCN(C(=O)/C=C/c2cc3c(cn2)[nH]c2ccccc23)CC1. The Morgan fingerprint density at radius 1 is 1.21 bits per heavy atom. The van der Waals surface area contributed by atoms with Gasteiger partial charge in [-0.15, -0.1) is 0 Å². The van der Waals surface area contributed by atoms with Crippen molar-refractivity contribution >= 4 is 39.8 Å². The quantitative estimate of drug-likeness (QED) is 0.557. The first kappa shape index (κ1) is 18.2. The number of hydrogen-bond donors (Lipinski definition) is 1. The number of benzene rings is 1. The fraction of sp³-hybridized carbons (Fsp3) is 0.318. The summed E-state index contributed by atoms with van der Waals surface area (Å²) in [6.07, 6.45) is 6.41. The van der Waals surface area contributed by atoms with Crippen LogP contribution in [0.25, 0.3) is 27.9 Å². The number of nitrogens with one attached hydrogen (secondary N) is 1. The van der Waals surface area contributed by atoms with Crippen molar-refractivity contribution in [1.29, 1.82) is 0 Å². The van der Waals surface area contributed by atoms with Gasteiger partial charge in [-0.25, -0.2) is 0 Å². The molecule has 0 bridgehead atoms. The van der Waals surface area contributed by atoms with Crippen molar-refractivity contribution in [3.05, 3.63) is 48.3 Å². The van der Waals surface area contributed by atoms with Gasteiger partial charge < -0.3 is 14.6 Å². The topological polar surface area (TPSA) is 75.3 Å². The smallest absolute Gasteiger partial charge is 0.309 e. The summed E-state index contributed by atoms with van der Waals surface area (Å²) in [5.41, 5.74) is 2.79. The highest BCUT2D eigenvalue weighted by Gasteiger charge is 2.27. The molecule has 1 aromatic carbocycles. The van der Waals surface area contributed by atoms with Crippen LogP contribution >= 0.6 is 0 Å². The van der Waals surface area contributed by atoms with Crippen molar-refractivity contribution in [3.63, 3.8) is 0 Å². The van der Waals surface area contributed by atoms with Crippen molar-refractivity contribution in [2.45, 2.75) is 19.8 Å². The molecule has 4 rings (SSSR count). The molecule has 0 radical (unpaired) electrons. The number of piperidine rings is 1. The molecule has 6 heteroatoms. The molecule has 28 heavy (non-hydrogen) atoms. The number of esters is 1. The summed E-state index contributed by atoms with van der Waals surface area (Å²) in [5, 5.41) is 2.23. The molecule has 144 valence electrons. The molecule has 0 unspecified atom stereocenters. The number of likely N-dealkylation sites (tertiary alicyclic amines) is 1. The predicted molar refractivity (Wildman–Crippen MR) is 109 cm³/mol. The highest BCUT2D eigenvalue weighted by atomic mass is 16.5. The molecule has 1 N–H and O–H groups in total. The van der Waals surface area contributed by atoms with Crippen LogP contribution in [0.3, 0.4) is 0 Å². The monoisotopic (exact) mass is 377 g/mol. The van der Waals surface area contributed by atoms with Gasteiger partial charge in [-0.2, -0.15) is 0 Å². The third kappa shape index (κ3) is 3.63. The third-order valence-corrected chi connectivity index (χ3v) is 5.23. The number of H-pyrrole nitrogens is 1. The van der Waals surface area contributed by atoms with Gasteiger partial charge in [-0.3, -0.25) is 14.6 Å². The maximum Gasteiger partial charge on any atom is 0.309 e. The summed E-state index contributed by atoms with van der Waals surface area (Å²) < 4.78 is 5.07. The molecule has 1 aliphatic heterocycles. The van der Waals surface area contributed by atoms with E-state index in [1.165, 1.54) is 0 Å². The summed E-state index contributed by atoms with van der Waals surface area (Å²) in [4.78, 5) is 33.8. The largest absolute Gasteiger partial charge is 0.466 e. The van der Waals surface area contributed by atoms with Crippen LogP contribution in [0.5, 0.6) is 0 Å². The Morgan fingerprint density at radius 3 is 2.79 bits per heavy atom. The number of carbonyl (C=O) groups is 2. The summed E-state index contributed by atoms with van der Waals surface area (Å²) in [5.74, 6) is -0.302. The molecule has 1 saturated heterocycles. The molecule has 1 fully saturated rings. The van der Waals surface area contributed by atoms with Crippen molar-refractivity contribution in [1.82, 2.24) is 14.9 Å². The Bertz CT molecular complexity index is 1050. The number of aromatic nitrogens is 2. The Kier molecular flexibility index (Phi) is 5.10. The molecule has 0 spiro atoms. The summed E-state index contributed by atoms with van der Waals surface area (Å²) >= 11 is 0. The first-order chi connectivity index (χ1) is 13.7. The molecule has 1 amide bonds. The van der Waals surface area contributed by atoms with Gasteiger partial charge in [-0.05, 0) is 38.0 Å². The zero-order valence-corrected chi connectivity index (χ0v) is 15.9. The van der Waals surface area contributed by atoms with Crippen LogP contribution in [0.4, 0.5) is 0 Å². The van der Waals surface area contributed by atoms with Gasteiger partial charge in [-0.1, -0.05) is 18.2 Å². The third-order valence-electron chi connectivity index (χ3n) is 5.23. The van der Waals surface area contributed by atoms with Gasteiger partial charge in [0.15, 0.2) is 0 Å². The average Bonchev–Trinajstić information content (AvgIpc) is 3.10. The lowest BCUT2D eigenvalue weighted by molar-refractivity contribution is -0.150. The van der Waals surface area contributed by atoms with E-state index in [9.17, 15) is 9.59 Å². The van der Waals surface area contributed by atoms with E-state index in [2.05, 4.69) is 16.0 Å². The van der Waals surface area contributed by atoms with E-state index in [4.69, 9.17) is 4.74 Å². The van der Waals surface area contributed by atoms with Crippen molar-refractivity contribution in [2.24, 2.45) is 5.92 Å². The van der Waals surface area contributed by atoms with E-state index in [0.717, 1.165) is 27.5 Å². The number of hydrogen-bond acceptors (Lipinski definition) is 4. The van der Waals surface area contributed by atoms with Crippen molar-refractivity contribution in [2.75, 3.05) is 19.7 Å². The Hall–Kier alpha value is -3.15. The molecular formula is C22H23N3O3. The second kappa shape index (κ2) is 7.84. The zero-order chi connectivity index (χ0) is 19.5. The van der Waals surface area contributed by atoms with Crippen molar-refractivity contribution < 1.29 is 14.3 Å². The summed E-state index contributed by atoms with van der Waals surface area (Å²) in [6, 6.07) is 10.1. The van der Waals surface area contributed by atoms with E-state index < -0.39 is 0 Å². The molecular weight excluding hydrogens is 354 g/mol. The standard InChI is InChI=1S/C22H23N3O3/c1-2-28-22(27)15-9-11-25(12-10-15)21(26)8-7-16-13-18-17-5-3-4-6-19(17)24-20(18)14-23-16/h3-8,13-15,24H,2,9-12H2,1H3/b8-7+. The van der Waals surface area contributed by atoms with Crippen LogP contribution < -0.4 is 0 Å². The fourth-order valence-electron chi connectivity index (χ4n) is 3.71. The van der Waals surface area contributed by atoms with Crippen molar-refractivity contribution in [3.8, 4) is 0 Å².